The average molecular weight is 231 g/mol. The zero-order chi connectivity index (χ0) is 9.42. The Balaban J connectivity index is 2.87. The number of rotatable bonds is 1. The maximum atomic E-state index is 9.52. The van der Waals surface area contributed by atoms with Gasteiger partial charge in [-0.25, -0.2) is 0 Å². The summed E-state index contributed by atoms with van der Waals surface area (Å²) in [7, 11) is 0. The molecule has 0 aliphatic rings. The summed E-state index contributed by atoms with van der Waals surface area (Å²) in [6.45, 7) is 0. The molecule has 0 aliphatic heterocycles. The number of alkyl halides is 1. The topological polar surface area (TPSA) is 20.2 Å². The average Bonchev–Trinajstić information content (AvgIpc) is 2.60. The van der Waals surface area contributed by atoms with Gasteiger partial charge in [0.25, 0.3) is 0 Å². The van der Waals surface area contributed by atoms with Gasteiger partial charge in [0.15, 0.2) is 0 Å². The second-order valence-corrected chi connectivity index (χ2v) is 4.33. The first-order valence-electron chi connectivity index (χ1n) is 3.71. The molecule has 2 aromatic rings. The van der Waals surface area contributed by atoms with Crippen LogP contribution in [0.3, 0.4) is 0 Å². The first kappa shape index (κ1) is 9.19. The minimum Gasteiger partial charge on any atom is -0.507 e. The summed E-state index contributed by atoms with van der Waals surface area (Å²) in [5.41, 5.74) is 0.960. The van der Waals surface area contributed by atoms with E-state index < -0.39 is 0 Å². The Morgan fingerprint density at radius 3 is 3.00 bits per heavy atom. The standard InChI is InChI=1S/C9H7ClOS2/c10-4-5-3-7(11)8(12)6-1-2-13-9(5)6/h1-3,11-12H,4H2. The normalized spacial score (nSPS) is 10.9. The highest BCUT2D eigenvalue weighted by Gasteiger charge is 2.09. The van der Waals surface area contributed by atoms with Crippen molar-refractivity contribution in [1.29, 1.82) is 0 Å². The van der Waals surface area contributed by atoms with E-state index in [-0.39, 0.29) is 5.75 Å². The molecule has 0 bridgehead atoms. The van der Waals surface area contributed by atoms with Crippen molar-refractivity contribution in [1.82, 2.24) is 0 Å². The molecule has 0 unspecified atom stereocenters. The summed E-state index contributed by atoms with van der Waals surface area (Å²) < 4.78 is 1.11. The minimum atomic E-state index is 0.199. The molecule has 0 spiro atoms. The van der Waals surface area contributed by atoms with Crippen LogP contribution in [0.1, 0.15) is 5.56 Å². The van der Waals surface area contributed by atoms with E-state index in [9.17, 15) is 5.11 Å². The highest BCUT2D eigenvalue weighted by atomic mass is 35.5. The van der Waals surface area contributed by atoms with Crippen molar-refractivity contribution in [2.75, 3.05) is 0 Å². The van der Waals surface area contributed by atoms with Crippen LogP contribution in [-0.4, -0.2) is 5.11 Å². The van der Waals surface area contributed by atoms with Gasteiger partial charge in [-0.1, -0.05) is 0 Å². The van der Waals surface area contributed by atoms with Gasteiger partial charge in [0.05, 0.1) is 4.90 Å². The second-order valence-electron chi connectivity index (χ2n) is 2.70. The van der Waals surface area contributed by atoms with Crippen molar-refractivity contribution in [3.05, 3.63) is 23.1 Å². The van der Waals surface area contributed by atoms with Crippen molar-refractivity contribution in [2.24, 2.45) is 0 Å². The monoisotopic (exact) mass is 230 g/mol. The van der Waals surface area contributed by atoms with Crippen LogP contribution in [0.25, 0.3) is 10.1 Å². The number of benzene rings is 1. The molecule has 0 radical (unpaired) electrons. The Hall–Kier alpha value is -0.380. The molecule has 0 atom stereocenters. The molecule has 0 aliphatic carbocycles. The van der Waals surface area contributed by atoms with Crippen LogP contribution in [0.4, 0.5) is 0 Å². The lowest BCUT2D eigenvalue weighted by atomic mass is 10.2. The number of hydrogen-bond donors (Lipinski definition) is 2. The fourth-order valence-corrected chi connectivity index (χ4v) is 2.82. The molecule has 0 amide bonds. The fraction of sp³-hybridized carbons (Fsp3) is 0.111. The van der Waals surface area contributed by atoms with E-state index in [0.29, 0.717) is 10.8 Å². The molecule has 1 nitrogen and oxygen atoms in total. The Bertz CT molecular complexity index is 450. The molecule has 4 heteroatoms. The molecule has 68 valence electrons. The largest absolute Gasteiger partial charge is 0.507 e. The molecule has 0 saturated heterocycles. The minimum absolute atomic E-state index is 0.199. The van der Waals surface area contributed by atoms with Crippen molar-refractivity contribution in [3.8, 4) is 5.75 Å². The molecule has 0 fully saturated rings. The zero-order valence-electron chi connectivity index (χ0n) is 6.62. The number of thiol groups is 1. The van der Waals surface area contributed by atoms with Gasteiger partial charge in [-0.05, 0) is 23.1 Å². The van der Waals surface area contributed by atoms with Gasteiger partial charge < -0.3 is 5.11 Å². The lowest BCUT2D eigenvalue weighted by Crippen LogP contribution is -1.80. The van der Waals surface area contributed by atoms with Gasteiger partial charge in [0.1, 0.15) is 5.75 Å². The van der Waals surface area contributed by atoms with Gasteiger partial charge >= 0.3 is 0 Å². The van der Waals surface area contributed by atoms with Crippen molar-refractivity contribution < 1.29 is 5.11 Å². The van der Waals surface area contributed by atoms with Crippen LogP contribution < -0.4 is 0 Å². The van der Waals surface area contributed by atoms with E-state index in [1.165, 1.54) is 0 Å². The van der Waals surface area contributed by atoms with E-state index in [1.54, 1.807) is 17.4 Å². The molecule has 13 heavy (non-hydrogen) atoms. The zero-order valence-corrected chi connectivity index (χ0v) is 9.09. The smallest absolute Gasteiger partial charge is 0.129 e. The van der Waals surface area contributed by atoms with Gasteiger partial charge in [-0.2, -0.15) is 0 Å². The molecule has 1 aromatic carbocycles. The number of phenolic OH excluding ortho intramolecular Hbond substituents is 1. The number of fused-ring (bicyclic) bond motifs is 1. The molecular weight excluding hydrogens is 224 g/mol. The Labute approximate surface area is 90.4 Å². The first-order valence-corrected chi connectivity index (χ1v) is 5.57. The molecule has 1 heterocycles. The van der Waals surface area contributed by atoms with Gasteiger partial charge in [0, 0.05) is 16.0 Å². The number of halogens is 1. The summed E-state index contributed by atoms with van der Waals surface area (Å²) in [4.78, 5) is 0.630. The van der Waals surface area contributed by atoms with Crippen molar-refractivity contribution in [3.63, 3.8) is 0 Å². The number of aromatic hydroxyl groups is 1. The molecule has 0 saturated carbocycles. The quantitative estimate of drug-likeness (QED) is 0.566. The lowest BCUT2D eigenvalue weighted by molar-refractivity contribution is 0.464. The maximum absolute atomic E-state index is 9.52. The van der Waals surface area contributed by atoms with E-state index in [4.69, 9.17) is 11.6 Å². The van der Waals surface area contributed by atoms with Gasteiger partial charge in [-0.3, -0.25) is 0 Å². The van der Waals surface area contributed by atoms with Crippen LogP contribution in [0, 0.1) is 0 Å². The predicted octanol–water partition coefficient (Wildman–Crippen LogP) is 3.63. The maximum Gasteiger partial charge on any atom is 0.129 e. The van der Waals surface area contributed by atoms with Crippen molar-refractivity contribution in [2.45, 2.75) is 10.8 Å². The molecular formula is C9H7ClOS2. The Morgan fingerprint density at radius 2 is 2.31 bits per heavy atom. The number of hydrogen-bond acceptors (Lipinski definition) is 3. The summed E-state index contributed by atoms with van der Waals surface area (Å²) in [6, 6.07) is 3.62. The van der Waals surface area contributed by atoms with E-state index in [2.05, 4.69) is 12.6 Å². The third kappa shape index (κ3) is 1.41. The van der Waals surface area contributed by atoms with Crippen LogP contribution >= 0.6 is 35.6 Å². The third-order valence-corrected chi connectivity index (χ3v) is 3.66. The molecule has 1 aromatic heterocycles. The van der Waals surface area contributed by atoms with E-state index in [0.717, 1.165) is 15.6 Å². The first-order chi connectivity index (χ1) is 6.24. The van der Waals surface area contributed by atoms with E-state index in [1.807, 2.05) is 11.4 Å². The van der Waals surface area contributed by atoms with Crippen LogP contribution in [-0.2, 0) is 5.88 Å². The Kier molecular flexibility index (Phi) is 2.41. The summed E-state index contributed by atoms with van der Waals surface area (Å²) in [5, 5.41) is 12.5. The van der Waals surface area contributed by atoms with Gasteiger partial charge in [-0.15, -0.1) is 35.6 Å². The summed E-state index contributed by atoms with van der Waals surface area (Å²) in [5.74, 6) is 0.614. The second kappa shape index (κ2) is 3.40. The summed E-state index contributed by atoms with van der Waals surface area (Å²) >= 11 is 11.6. The molecule has 1 N–H and O–H groups in total. The highest BCUT2D eigenvalue weighted by molar-refractivity contribution is 7.80. The lowest BCUT2D eigenvalue weighted by Gasteiger charge is -2.03. The van der Waals surface area contributed by atoms with Crippen molar-refractivity contribution >= 4 is 45.7 Å². The summed E-state index contributed by atoms with van der Waals surface area (Å²) in [6.07, 6.45) is 0. The number of phenols is 1. The SMILES string of the molecule is Oc1cc(CCl)c2sccc2c1S. The van der Waals surface area contributed by atoms with Crippen LogP contribution in [0.15, 0.2) is 22.4 Å². The fourth-order valence-electron chi connectivity index (χ4n) is 1.28. The van der Waals surface area contributed by atoms with E-state index >= 15 is 0 Å². The predicted molar refractivity (Wildman–Crippen MR) is 60.3 cm³/mol. The van der Waals surface area contributed by atoms with Gasteiger partial charge in [0.2, 0.25) is 0 Å². The number of thiophene rings is 1. The van der Waals surface area contributed by atoms with Crippen LogP contribution in [0.2, 0.25) is 0 Å². The Morgan fingerprint density at radius 1 is 1.54 bits per heavy atom. The van der Waals surface area contributed by atoms with Crippen LogP contribution in [0.5, 0.6) is 5.75 Å². The highest BCUT2D eigenvalue weighted by Crippen LogP contribution is 2.36. The third-order valence-electron chi connectivity index (χ3n) is 1.91. The molecule has 2 rings (SSSR count).